The lowest BCUT2D eigenvalue weighted by atomic mass is 10.0. The molecule has 0 amide bonds. The molecule has 1 fully saturated rings. The predicted molar refractivity (Wildman–Crippen MR) is 118 cm³/mol. The summed E-state index contributed by atoms with van der Waals surface area (Å²) < 4.78 is 0. The van der Waals surface area contributed by atoms with Crippen LogP contribution in [0.2, 0.25) is 0 Å². The third-order valence-electron chi connectivity index (χ3n) is 5.74. The van der Waals surface area contributed by atoms with Gasteiger partial charge in [-0.25, -0.2) is 0 Å². The summed E-state index contributed by atoms with van der Waals surface area (Å²) in [6.45, 7) is 8.20. The highest BCUT2D eigenvalue weighted by molar-refractivity contribution is 5.57. The summed E-state index contributed by atoms with van der Waals surface area (Å²) in [4.78, 5) is 4.81. The number of phenolic OH excluding ortho intramolecular Hbond substituents is 2. The van der Waals surface area contributed by atoms with E-state index in [-0.39, 0.29) is 0 Å². The van der Waals surface area contributed by atoms with Crippen LogP contribution in [0.5, 0.6) is 11.5 Å². The van der Waals surface area contributed by atoms with Gasteiger partial charge in [0.2, 0.25) is 0 Å². The molecule has 2 aromatic carbocycles. The fourth-order valence-electron chi connectivity index (χ4n) is 3.90. The number of hydrogen-bond donors (Lipinski definition) is 2. The summed E-state index contributed by atoms with van der Waals surface area (Å²) in [5.41, 5.74) is 4.53. The fraction of sp³-hybridized carbons (Fsp3) is 0.500. The van der Waals surface area contributed by atoms with Gasteiger partial charge in [-0.2, -0.15) is 0 Å². The van der Waals surface area contributed by atoms with E-state index in [2.05, 4.69) is 35.8 Å². The molecule has 2 aromatic rings. The van der Waals surface area contributed by atoms with Crippen molar-refractivity contribution in [3.8, 4) is 11.5 Å². The predicted octanol–water partition coefficient (Wildman–Crippen LogP) is 5.11. The van der Waals surface area contributed by atoms with Crippen molar-refractivity contribution in [1.82, 2.24) is 0 Å². The third kappa shape index (κ3) is 4.92. The molecule has 4 heteroatoms. The number of anilines is 2. The Morgan fingerprint density at radius 2 is 1.07 bits per heavy atom. The zero-order valence-electron chi connectivity index (χ0n) is 17.3. The summed E-state index contributed by atoms with van der Waals surface area (Å²) in [6.07, 6.45) is 6.34. The SMILES string of the molecule is CCCCc1cc(N2CCN(c3ccc(O)c(CCCC)c3)CC2)ccc1O. The molecule has 1 saturated heterocycles. The Bertz CT molecular complexity index is 702. The van der Waals surface area contributed by atoms with Gasteiger partial charge >= 0.3 is 0 Å². The first-order valence-electron chi connectivity index (χ1n) is 10.8. The summed E-state index contributed by atoms with van der Waals surface area (Å²) in [7, 11) is 0. The minimum Gasteiger partial charge on any atom is -0.508 e. The van der Waals surface area contributed by atoms with Crippen molar-refractivity contribution in [3.63, 3.8) is 0 Å². The molecular weight excluding hydrogens is 348 g/mol. The molecule has 28 heavy (non-hydrogen) atoms. The van der Waals surface area contributed by atoms with E-state index in [4.69, 9.17) is 0 Å². The van der Waals surface area contributed by atoms with Crippen LogP contribution in [-0.2, 0) is 12.8 Å². The first kappa shape index (κ1) is 20.4. The van der Waals surface area contributed by atoms with E-state index in [9.17, 15) is 10.2 Å². The number of benzene rings is 2. The topological polar surface area (TPSA) is 46.9 Å². The van der Waals surface area contributed by atoms with Gasteiger partial charge in [-0.15, -0.1) is 0 Å². The minimum atomic E-state index is 0.416. The van der Waals surface area contributed by atoms with Crippen molar-refractivity contribution in [1.29, 1.82) is 0 Å². The van der Waals surface area contributed by atoms with Crippen molar-refractivity contribution in [2.75, 3.05) is 36.0 Å². The number of rotatable bonds is 8. The molecule has 4 nitrogen and oxygen atoms in total. The summed E-state index contributed by atoms with van der Waals surface area (Å²) in [5, 5.41) is 20.2. The number of nitrogens with zero attached hydrogens (tertiary/aromatic N) is 2. The van der Waals surface area contributed by atoms with Crippen LogP contribution in [0.4, 0.5) is 11.4 Å². The second kappa shape index (κ2) is 9.72. The second-order valence-electron chi connectivity index (χ2n) is 7.81. The Labute approximate surface area is 169 Å². The lowest BCUT2D eigenvalue weighted by molar-refractivity contribution is 0.466. The van der Waals surface area contributed by atoms with Crippen molar-refractivity contribution < 1.29 is 10.2 Å². The van der Waals surface area contributed by atoms with Crippen LogP contribution < -0.4 is 9.80 Å². The van der Waals surface area contributed by atoms with Crippen LogP contribution in [0, 0.1) is 0 Å². The molecule has 2 N–H and O–H groups in total. The lowest BCUT2D eigenvalue weighted by Gasteiger charge is -2.37. The van der Waals surface area contributed by atoms with Crippen molar-refractivity contribution in [2.24, 2.45) is 0 Å². The Balaban J connectivity index is 1.65. The largest absolute Gasteiger partial charge is 0.508 e. The van der Waals surface area contributed by atoms with E-state index in [0.29, 0.717) is 11.5 Å². The monoisotopic (exact) mass is 382 g/mol. The molecule has 0 aromatic heterocycles. The van der Waals surface area contributed by atoms with E-state index in [1.54, 1.807) is 0 Å². The molecule has 0 atom stereocenters. The van der Waals surface area contributed by atoms with Crippen molar-refractivity contribution in [3.05, 3.63) is 47.5 Å². The quantitative estimate of drug-likeness (QED) is 0.666. The molecule has 1 heterocycles. The van der Waals surface area contributed by atoms with Gasteiger partial charge in [0, 0.05) is 37.6 Å². The van der Waals surface area contributed by atoms with Crippen LogP contribution in [0.3, 0.4) is 0 Å². The number of hydrogen-bond acceptors (Lipinski definition) is 4. The molecular formula is C24H34N2O2. The lowest BCUT2D eigenvalue weighted by Crippen LogP contribution is -2.46. The molecule has 0 saturated carbocycles. The number of piperazine rings is 1. The van der Waals surface area contributed by atoms with Gasteiger partial charge < -0.3 is 20.0 Å². The maximum Gasteiger partial charge on any atom is 0.118 e. The first-order chi connectivity index (χ1) is 13.6. The molecule has 3 rings (SSSR count). The maximum absolute atomic E-state index is 10.1. The average Bonchev–Trinajstić information content (AvgIpc) is 2.73. The van der Waals surface area contributed by atoms with E-state index < -0.39 is 0 Å². The summed E-state index contributed by atoms with van der Waals surface area (Å²) >= 11 is 0. The Hall–Kier alpha value is -2.36. The van der Waals surface area contributed by atoms with E-state index >= 15 is 0 Å². The van der Waals surface area contributed by atoms with E-state index in [1.165, 1.54) is 11.4 Å². The second-order valence-corrected chi connectivity index (χ2v) is 7.81. The third-order valence-corrected chi connectivity index (χ3v) is 5.74. The molecule has 0 spiro atoms. The van der Waals surface area contributed by atoms with Gasteiger partial charge in [-0.3, -0.25) is 0 Å². The molecule has 0 radical (unpaired) electrons. The van der Waals surface area contributed by atoms with Crippen LogP contribution in [0.1, 0.15) is 50.7 Å². The Morgan fingerprint density at radius 3 is 1.43 bits per heavy atom. The van der Waals surface area contributed by atoms with Gasteiger partial charge in [0.25, 0.3) is 0 Å². The molecule has 1 aliphatic heterocycles. The molecule has 1 aliphatic rings. The molecule has 152 valence electrons. The summed E-state index contributed by atoms with van der Waals surface area (Å²) in [6, 6.07) is 12.1. The smallest absolute Gasteiger partial charge is 0.118 e. The van der Waals surface area contributed by atoms with Gasteiger partial charge in [-0.05, 0) is 73.2 Å². The number of aromatic hydroxyl groups is 2. The van der Waals surface area contributed by atoms with E-state index in [0.717, 1.165) is 75.8 Å². The Kier molecular flexibility index (Phi) is 7.07. The summed E-state index contributed by atoms with van der Waals surface area (Å²) in [5.74, 6) is 0.832. The van der Waals surface area contributed by atoms with Gasteiger partial charge in [0.05, 0.1) is 0 Å². The normalized spacial score (nSPS) is 14.5. The fourth-order valence-corrected chi connectivity index (χ4v) is 3.90. The van der Waals surface area contributed by atoms with Gasteiger partial charge in [0.15, 0.2) is 0 Å². The van der Waals surface area contributed by atoms with Crippen LogP contribution in [0.25, 0.3) is 0 Å². The van der Waals surface area contributed by atoms with Crippen LogP contribution >= 0.6 is 0 Å². The van der Waals surface area contributed by atoms with Gasteiger partial charge in [-0.1, -0.05) is 26.7 Å². The van der Waals surface area contributed by atoms with E-state index in [1.807, 2.05) is 24.3 Å². The zero-order chi connectivity index (χ0) is 19.9. The minimum absolute atomic E-state index is 0.416. The van der Waals surface area contributed by atoms with Crippen LogP contribution in [0.15, 0.2) is 36.4 Å². The standard InChI is InChI=1S/C24H34N2O2/c1-3-5-7-19-17-21(9-11-23(19)27)25-13-15-26(16-14-25)22-10-12-24(28)20(18-22)8-6-4-2/h9-12,17-18,27-28H,3-8,13-16H2,1-2H3. The number of unbranched alkanes of at least 4 members (excludes halogenated alkanes) is 2. The van der Waals surface area contributed by atoms with Gasteiger partial charge in [0.1, 0.15) is 11.5 Å². The van der Waals surface area contributed by atoms with Crippen molar-refractivity contribution in [2.45, 2.75) is 52.4 Å². The first-order valence-corrected chi connectivity index (χ1v) is 10.8. The highest BCUT2D eigenvalue weighted by Gasteiger charge is 2.19. The Morgan fingerprint density at radius 1 is 0.679 bits per heavy atom. The highest BCUT2D eigenvalue weighted by Crippen LogP contribution is 2.29. The molecule has 0 unspecified atom stereocenters. The zero-order valence-corrected chi connectivity index (χ0v) is 17.3. The van der Waals surface area contributed by atoms with Crippen molar-refractivity contribution >= 4 is 11.4 Å². The molecule has 0 aliphatic carbocycles. The maximum atomic E-state index is 10.1. The molecule has 0 bridgehead atoms. The highest BCUT2D eigenvalue weighted by atomic mass is 16.3. The number of phenols is 2. The van der Waals surface area contributed by atoms with Crippen LogP contribution in [-0.4, -0.2) is 36.4 Å². The average molecular weight is 383 g/mol. The number of aryl methyl sites for hydroxylation is 2.